The molecule has 1 aliphatic carbocycles. The third-order valence-corrected chi connectivity index (χ3v) is 2.91. The molecule has 0 saturated heterocycles. The van der Waals surface area contributed by atoms with E-state index in [1.807, 2.05) is 25.3 Å². The zero-order valence-corrected chi connectivity index (χ0v) is 9.08. The first-order valence-corrected chi connectivity index (χ1v) is 5.49. The Balaban J connectivity index is 1.94. The lowest BCUT2D eigenvalue weighted by Gasteiger charge is -1.97. The van der Waals surface area contributed by atoms with Gasteiger partial charge in [0.25, 0.3) is 5.91 Å². The van der Waals surface area contributed by atoms with Gasteiger partial charge in [0, 0.05) is 17.8 Å². The molecule has 3 rings (SSSR count). The topological polar surface area (TPSA) is 57.2 Å². The Bertz CT molecular complexity index is 506. The molecule has 4 heteroatoms. The number of amides is 1. The summed E-state index contributed by atoms with van der Waals surface area (Å²) in [5.74, 6) is 0.399. The van der Waals surface area contributed by atoms with Crippen molar-refractivity contribution in [2.75, 3.05) is 0 Å². The van der Waals surface area contributed by atoms with Gasteiger partial charge in [-0.05, 0) is 37.5 Å². The number of nitrogens with zero attached hydrogens (tertiary/aromatic N) is 1. The van der Waals surface area contributed by atoms with E-state index in [2.05, 4.69) is 15.5 Å². The van der Waals surface area contributed by atoms with Gasteiger partial charge in [-0.25, -0.2) is 5.43 Å². The molecule has 1 amide bonds. The van der Waals surface area contributed by atoms with Crippen molar-refractivity contribution in [1.29, 1.82) is 0 Å². The number of hydrogen-bond donors (Lipinski definition) is 2. The molecule has 2 aliphatic rings. The van der Waals surface area contributed by atoms with Crippen LogP contribution in [-0.2, 0) is 4.79 Å². The summed E-state index contributed by atoms with van der Waals surface area (Å²) >= 11 is 0. The summed E-state index contributed by atoms with van der Waals surface area (Å²) in [7, 11) is 0. The van der Waals surface area contributed by atoms with E-state index in [0.717, 1.165) is 29.8 Å². The first kappa shape index (κ1) is 9.39. The van der Waals surface area contributed by atoms with Crippen LogP contribution in [0.1, 0.15) is 24.1 Å². The van der Waals surface area contributed by atoms with Crippen LogP contribution in [0.4, 0.5) is 0 Å². The highest BCUT2D eigenvalue weighted by Gasteiger charge is 2.35. The molecule has 0 spiro atoms. The van der Waals surface area contributed by atoms with Gasteiger partial charge in [-0.1, -0.05) is 0 Å². The van der Waals surface area contributed by atoms with E-state index in [1.165, 1.54) is 0 Å². The van der Waals surface area contributed by atoms with E-state index >= 15 is 0 Å². The summed E-state index contributed by atoms with van der Waals surface area (Å²) in [5.41, 5.74) is 6.29. The number of aromatic amines is 1. The minimum atomic E-state index is -0.0887. The molecule has 1 saturated carbocycles. The van der Waals surface area contributed by atoms with Crippen LogP contribution in [0.25, 0.3) is 6.08 Å². The Morgan fingerprint density at radius 2 is 2.31 bits per heavy atom. The fourth-order valence-electron chi connectivity index (χ4n) is 1.92. The van der Waals surface area contributed by atoms with Crippen LogP contribution in [0.3, 0.4) is 0 Å². The summed E-state index contributed by atoms with van der Waals surface area (Å²) in [5, 5.41) is 4.10. The average molecular weight is 215 g/mol. The van der Waals surface area contributed by atoms with E-state index in [4.69, 9.17) is 0 Å². The normalized spacial score (nSPS) is 22.4. The highest BCUT2D eigenvalue weighted by Crippen LogP contribution is 2.35. The molecule has 1 fully saturated rings. The van der Waals surface area contributed by atoms with Crippen LogP contribution in [0.15, 0.2) is 22.9 Å². The average Bonchev–Trinajstić information content (AvgIpc) is 2.93. The van der Waals surface area contributed by atoms with Crippen molar-refractivity contribution in [3.63, 3.8) is 0 Å². The Labute approximate surface area is 93.4 Å². The molecule has 1 aliphatic heterocycles. The first-order chi connectivity index (χ1) is 7.74. The molecule has 4 nitrogen and oxygen atoms in total. The van der Waals surface area contributed by atoms with Gasteiger partial charge in [-0.2, -0.15) is 5.10 Å². The fourth-order valence-corrected chi connectivity index (χ4v) is 1.92. The van der Waals surface area contributed by atoms with Crippen LogP contribution < -0.4 is 5.43 Å². The van der Waals surface area contributed by atoms with E-state index < -0.39 is 0 Å². The maximum absolute atomic E-state index is 11.6. The van der Waals surface area contributed by atoms with Gasteiger partial charge in [0.05, 0.1) is 11.3 Å². The predicted molar refractivity (Wildman–Crippen MR) is 61.8 cm³/mol. The maximum Gasteiger partial charge on any atom is 0.273 e. The second kappa shape index (κ2) is 3.33. The third-order valence-electron chi connectivity index (χ3n) is 2.91. The molecular weight excluding hydrogens is 202 g/mol. The predicted octanol–water partition coefficient (Wildman–Crippen LogP) is 1.60. The minimum Gasteiger partial charge on any atom is -0.361 e. The standard InChI is InChI=1S/C12H13N3O/c1-7-4-9(13-6-7)5-10-11(8-2-3-8)14-15-12(10)16/h4-6,8,13H,2-3H2,1H3,(H,15,16). The highest BCUT2D eigenvalue weighted by molar-refractivity contribution is 6.28. The van der Waals surface area contributed by atoms with Gasteiger partial charge in [-0.15, -0.1) is 0 Å². The van der Waals surface area contributed by atoms with E-state index in [1.54, 1.807) is 0 Å². The highest BCUT2D eigenvalue weighted by atomic mass is 16.2. The van der Waals surface area contributed by atoms with Crippen LogP contribution in [0, 0.1) is 12.8 Å². The third kappa shape index (κ3) is 1.56. The van der Waals surface area contributed by atoms with Crippen molar-refractivity contribution in [3.05, 3.63) is 29.1 Å². The SMILES string of the molecule is Cc1c[nH]c(C=C2C(=O)NN=C2C2CC2)c1. The summed E-state index contributed by atoms with van der Waals surface area (Å²) in [6.45, 7) is 2.02. The molecule has 2 N–H and O–H groups in total. The molecule has 0 radical (unpaired) electrons. The van der Waals surface area contributed by atoms with Crippen LogP contribution in [0.2, 0.25) is 0 Å². The number of hydrazone groups is 1. The zero-order valence-electron chi connectivity index (χ0n) is 9.08. The number of carbonyl (C=O) groups excluding carboxylic acids is 1. The van der Waals surface area contributed by atoms with Crippen molar-refractivity contribution in [2.45, 2.75) is 19.8 Å². The van der Waals surface area contributed by atoms with Crippen molar-refractivity contribution in [3.8, 4) is 0 Å². The molecule has 2 heterocycles. The molecule has 1 aromatic rings. The number of aryl methyl sites for hydroxylation is 1. The Kier molecular flexibility index (Phi) is 1.96. The van der Waals surface area contributed by atoms with Crippen molar-refractivity contribution in [1.82, 2.24) is 10.4 Å². The van der Waals surface area contributed by atoms with Gasteiger partial charge in [0.1, 0.15) is 0 Å². The smallest absolute Gasteiger partial charge is 0.273 e. The van der Waals surface area contributed by atoms with Gasteiger partial charge >= 0.3 is 0 Å². The zero-order chi connectivity index (χ0) is 11.1. The van der Waals surface area contributed by atoms with Crippen LogP contribution >= 0.6 is 0 Å². The largest absolute Gasteiger partial charge is 0.361 e. The summed E-state index contributed by atoms with van der Waals surface area (Å²) in [6.07, 6.45) is 6.10. The Hall–Kier alpha value is -1.84. The van der Waals surface area contributed by atoms with Crippen LogP contribution in [-0.4, -0.2) is 16.6 Å². The first-order valence-electron chi connectivity index (χ1n) is 5.49. The number of rotatable bonds is 2. The van der Waals surface area contributed by atoms with E-state index in [-0.39, 0.29) is 5.91 Å². The minimum absolute atomic E-state index is 0.0887. The lowest BCUT2D eigenvalue weighted by atomic mass is 10.1. The molecule has 1 aromatic heterocycles. The van der Waals surface area contributed by atoms with Gasteiger partial charge in [-0.3, -0.25) is 4.79 Å². The number of nitrogens with one attached hydrogen (secondary N) is 2. The van der Waals surface area contributed by atoms with E-state index in [9.17, 15) is 4.79 Å². The molecule has 82 valence electrons. The lowest BCUT2D eigenvalue weighted by Crippen LogP contribution is -2.13. The molecule has 0 bridgehead atoms. The van der Waals surface area contributed by atoms with E-state index in [0.29, 0.717) is 11.5 Å². The molecule has 0 atom stereocenters. The maximum atomic E-state index is 11.6. The number of hydrogen-bond acceptors (Lipinski definition) is 2. The lowest BCUT2D eigenvalue weighted by molar-refractivity contribution is -0.116. The summed E-state index contributed by atoms with van der Waals surface area (Å²) in [4.78, 5) is 14.7. The van der Waals surface area contributed by atoms with Crippen molar-refractivity contribution in [2.24, 2.45) is 11.0 Å². The summed E-state index contributed by atoms with van der Waals surface area (Å²) < 4.78 is 0. The molecule has 0 aromatic carbocycles. The Morgan fingerprint density at radius 1 is 1.50 bits per heavy atom. The summed E-state index contributed by atoms with van der Waals surface area (Å²) in [6, 6.07) is 2.02. The van der Waals surface area contributed by atoms with Gasteiger partial charge < -0.3 is 4.98 Å². The van der Waals surface area contributed by atoms with Gasteiger partial charge in [0.15, 0.2) is 0 Å². The molecule has 16 heavy (non-hydrogen) atoms. The van der Waals surface area contributed by atoms with Crippen molar-refractivity contribution < 1.29 is 4.79 Å². The second-order valence-corrected chi connectivity index (χ2v) is 4.40. The van der Waals surface area contributed by atoms with Crippen LogP contribution in [0.5, 0.6) is 0 Å². The monoisotopic (exact) mass is 215 g/mol. The second-order valence-electron chi connectivity index (χ2n) is 4.40. The Morgan fingerprint density at radius 3 is 2.94 bits per heavy atom. The number of aromatic nitrogens is 1. The molecule has 0 unspecified atom stereocenters. The molecular formula is C12H13N3O. The number of carbonyl (C=O) groups is 1. The quantitative estimate of drug-likeness (QED) is 0.723. The fraction of sp³-hybridized carbons (Fsp3) is 0.333. The van der Waals surface area contributed by atoms with Gasteiger partial charge in [0.2, 0.25) is 0 Å². The number of H-pyrrole nitrogens is 1. The van der Waals surface area contributed by atoms with Crippen molar-refractivity contribution >= 4 is 17.7 Å².